The van der Waals surface area contributed by atoms with Gasteiger partial charge in [-0.3, -0.25) is 0 Å². The molecule has 1 amide bonds. The zero-order valence-corrected chi connectivity index (χ0v) is 14.7. The molecular formula is C18H31NO4. The maximum atomic E-state index is 12.6. The number of ether oxygens (including phenoxy) is 2. The summed E-state index contributed by atoms with van der Waals surface area (Å²) >= 11 is 0. The van der Waals surface area contributed by atoms with Crippen LogP contribution in [-0.4, -0.2) is 52.6 Å². The molecule has 3 rings (SSSR count). The third kappa shape index (κ3) is 3.66. The van der Waals surface area contributed by atoms with Crippen molar-refractivity contribution in [3.8, 4) is 0 Å². The Morgan fingerprint density at radius 2 is 1.70 bits per heavy atom. The van der Waals surface area contributed by atoms with Crippen molar-refractivity contribution in [2.75, 3.05) is 13.2 Å². The summed E-state index contributed by atoms with van der Waals surface area (Å²) in [6.07, 6.45) is 6.12. The summed E-state index contributed by atoms with van der Waals surface area (Å²) in [6, 6.07) is 0.232. The summed E-state index contributed by atoms with van der Waals surface area (Å²) in [4.78, 5) is 14.5. The number of hydrogen-bond donors (Lipinski definition) is 1. The van der Waals surface area contributed by atoms with Crippen LogP contribution in [0.15, 0.2) is 0 Å². The van der Waals surface area contributed by atoms with Gasteiger partial charge in [0.05, 0.1) is 5.60 Å². The Morgan fingerprint density at radius 1 is 1.13 bits per heavy atom. The lowest BCUT2D eigenvalue weighted by molar-refractivity contribution is -0.137. The van der Waals surface area contributed by atoms with Gasteiger partial charge in [0.1, 0.15) is 5.60 Å². The second kappa shape index (κ2) is 6.25. The van der Waals surface area contributed by atoms with Crippen molar-refractivity contribution in [3.63, 3.8) is 0 Å². The molecule has 0 spiro atoms. The van der Waals surface area contributed by atoms with Crippen LogP contribution in [0, 0.1) is 5.92 Å². The van der Waals surface area contributed by atoms with E-state index in [2.05, 4.69) is 0 Å². The summed E-state index contributed by atoms with van der Waals surface area (Å²) in [5.41, 5.74) is -1.11. The van der Waals surface area contributed by atoms with Gasteiger partial charge >= 0.3 is 6.09 Å². The first kappa shape index (κ1) is 17.0. The number of amides is 1. The van der Waals surface area contributed by atoms with Gasteiger partial charge in [-0.2, -0.15) is 0 Å². The maximum absolute atomic E-state index is 12.6. The van der Waals surface area contributed by atoms with Crippen molar-refractivity contribution in [2.45, 2.75) is 89.0 Å². The van der Waals surface area contributed by atoms with Crippen molar-refractivity contribution >= 4 is 6.09 Å². The predicted molar refractivity (Wildman–Crippen MR) is 87.2 cm³/mol. The van der Waals surface area contributed by atoms with Crippen LogP contribution in [0.2, 0.25) is 0 Å². The van der Waals surface area contributed by atoms with Gasteiger partial charge in [0.25, 0.3) is 0 Å². The zero-order chi connectivity index (χ0) is 16.7. The highest BCUT2D eigenvalue weighted by molar-refractivity contribution is 5.69. The van der Waals surface area contributed by atoms with Crippen molar-refractivity contribution in [3.05, 3.63) is 0 Å². The predicted octanol–water partition coefficient (Wildman–Crippen LogP) is 3.10. The van der Waals surface area contributed by atoms with Crippen molar-refractivity contribution in [1.29, 1.82) is 0 Å². The molecule has 23 heavy (non-hydrogen) atoms. The largest absolute Gasteiger partial charge is 0.444 e. The first-order chi connectivity index (χ1) is 10.8. The molecule has 2 atom stereocenters. The topological polar surface area (TPSA) is 59.0 Å². The lowest BCUT2D eigenvalue weighted by atomic mass is 9.68. The van der Waals surface area contributed by atoms with Gasteiger partial charge in [0, 0.05) is 25.3 Å². The van der Waals surface area contributed by atoms with Crippen LogP contribution >= 0.6 is 0 Å². The summed E-state index contributed by atoms with van der Waals surface area (Å²) in [5, 5.41) is 11.3. The number of carbonyl (C=O) groups excluding carboxylic acids is 1. The van der Waals surface area contributed by atoms with Gasteiger partial charge in [0.2, 0.25) is 0 Å². The fourth-order valence-electron chi connectivity index (χ4n) is 4.65. The summed E-state index contributed by atoms with van der Waals surface area (Å²) in [7, 11) is 0. The number of carbonyl (C=O) groups is 1. The molecule has 1 N–H and O–H groups in total. The first-order valence-electron chi connectivity index (χ1n) is 9.10. The molecule has 2 bridgehead atoms. The number of hydrogen-bond acceptors (Lipinski definition) is 4. The minimum Gasteiger partial charge on any atom is -0.444 e. The maximum Gasteiger partial charge on any atom is 0.410 e. The van der Waals surface area contributed by atoms with E-state index in [0.717, 1.165) is 45.3 Å². The Morgan fingerprint density at radius 3 is 2.22 bits per heavy atom. The van der Waals surface area contributed by atoms with Crippen LogP contribution < -0.4 is 0 Å². The van der Waals surface area contributed by atoms with Gasteiger partial charge in [-0.05, 0) is 71.6 Å². The molecule has 0 radical (unpaired) electrons. The Hall–Kier alpha value is -0.810. The molecule has 0 aliphatic carbocycles. The fraction of sp³-hybridized carbons (Fsp3) is 0.944. The molecule has 5 heteroatoms. The molecule has 0 saturated carbocycles. The lowest BCUT2D eigenvalue weighted by Crippen LogP contribution is -2.62. The highest BCUT2D eigenvalue weighted by Crippen LogP contribution is 2.45. The van der Waals surface area contributed by atoms with E-state index in [4.69, 9.17) is 9.47 Å². The normalized spacial score (nSPS) is 35.9. The molecular weight excluding hydrogens is 294 g/mol. The van der Waals surface area contributed by atoms with Gasteiger partial charge in [-0.1, -0.05) is 0 Å². The SMILES string of the molecule is CC(C)(C)OC(=O)N1C2CCCC1CC(O)(C1CCOCC1)C2. The number of aliphatic hydroxyl groups is 1. The van der Waals surface area contributed by atoms with Crippen LogP contribution in [0.5, 0.6) is 0 Å². The summed E-state index contributed by atoms with van der Waals surface area (Å²) in [5.74, 6) is 0.306. The van der Waals surface area contributed by atoms with Gasteiger partial charge < -0.3 is 19.5 Å². The standard InChI is InChI=1S/C18H31NO4/c1-17(2,3)23-16(20)19-14-5-4-6-15(19)12-18(21,11-14)13-7-9-22-10-8-13/h13-15,21H,4-12H2,1-3H3. The minimum atomic E-state index is -0.641. The third-order valence-corrected chi connectivity index (χ3v) is 5.63. The number of piperidine rings is 2. The molecule has 0 aromatic carbocycles. The van der Waals surface area contributed by atoms with E-state index < -0.39 is 11.2 Å². The molecule has 3 saturated heterocycles. The summed E-state index contributed by atoms with van der Waals surface area (Å²) < 4.78 is 11.1. The Labute approximate surface area is 139 Å². The van der Waals surface area contributed by atoms with Gasteiger partial charge in [-0.15, -0.1) is 0 Å². The highest BCUT2D eigenvalue weighted by Gasteiger charge is 2.51. The van der Waals surface area contributed by atoms with E-state index in [1.54, 1.807) is 0 Å². The monoisotopic (exact) mass is 325 g/mol. The molecule has 3 aliphatic heterocycles. The highest BCUT2D eigenvalue weighted by atomic mass is 16.6. The van der Waals surface area contributed by atoms with E-state index in [0.29, 0.717) is 18.8 Å². The van der Waals surface area contributed by atoms with Gasteiger partial charge in [-0.25, -0.2) is 4.79 Å². The molecule has 0 aromatic rings. The van der Waals surface area contributed by atoms with E-state index in [1.807, 2.05) is 25.7 Å². The number of rotatable bonds is 1. The zero-order valence-electron chi connectivity index (χ0n) is 14.7. The van der Waals surface area contributed by atoms with E-state index in [1.165, 1.54) is 0 Å². The van der Waals surface area contributed by atoms with E-state index in [-0.39, 0.29) is 18.2 Å². The Balaban J connectivity index is 1.73. The van der Waals surface area contributed by atoms with Crippen LogP contribution in [0.4, 0.5) is 4.79 Å². The Bertz CT molecular complexity index is 425. The van der Waals surface area contributed by atoms with E-state index in [9.17, 15) is 9.90 Å². The Kier molecular flexibility index (Phi) is 4.62. The van der Waals surface area contributed by atoms with Crippen LogP contribution in [-0.2, 0) is 9.47 Å². The molecule has 2 unspecified atom stereocenters. The molecule has 5 nitrogen and oxygen atoms in total. The minimum absolute atomic E-state index is 0.116. The fourth-order valence-corrected chi connectivity index (χ4v) is 4.65. The molecule has 0 aromatic heterocycles. The first-order valence-corrected chi connectivity index (χ1v) is 9.10. The van der Waals surface area contributed by atoms with Crippen LogP contribution in [0.1, 0.15) is 65.7 Å². The van der Waals surface area contributed by atoms with E-state index >= 15 is 0 Å². The van der Waals surface area contributed by atoms with Gasteiger partial charge in [0.15, 0.2) is 0 Å². The van der Waals surface area contributed by atoms with Crippen LogP contribution in [0.25, 0.3) is 0 Å². The van der Waals surface area contributed by atoms with Crippen molar-refractivity contribution < 1.29 is 19.4 Å². The quantitative estimate of drug-likeness (QED) is 0.805. The molecule has 3 aliphatic rings. The molecule has 3 heterocycles. The molecule has 3 fully saturated rings. The number of fused-ring (bicyclic) bond motifs is 2. The number of nitrogens with zero attached hydrogens (tertiary/aromatic N) is 1. The molecule has 132 valence electrons. The van der Waals surface area contributed by atoms with Crippen LogP contribution in [0.3, 0.4) is 0 Å². The average molecular weight is 325 g/mol. The summed E-state index contributed by atoms with van der Waals surface area (Å²) in [6.45, 7) is 7.21. The lowest BCUT2D eigenvalue weighted by Gasteiger charge is -2.54. The third-order valence-electron chi connectivity index (χ3n) is 5.63. The smallest absolute Gasteiger partial charge is 0.410 e. The van der Waals surface area contributed by atoms with Crippen molar-refractivity contribution in [1.82, 2.24) is 4.90 Å². The second-order valence-electron chi connectivity index (χ2n) is 8.52. The van der Waals surface area contributed by atoms with Crippen molar-refractivity contribution in [2.24, 2.45) is 5.92 Å². The second-order valence-corrected chi connectivity index (χ2v) is 8.52. The average Bonchev–Trinajstić information content (AvgIpc) is 2.45.